The summed E-state index contributed by atoms with van der Waals surface area (Å²) in [6.07, 6.45) is 2.73. The highest BCUT2D eigenvalue weighted by molar-refractivity contribution is 4.87. The molecule has 0 saturated carbocycles. The van der Waals surface area contributed by atoms with Crippen LogP contribution in [-0.4, -0.2) is 48.3 Å². The minimum absolute atomic E-state index is 0.497. The first kappa shape index (κ1) is 14.1. The molecule has 0 aliphatic rings. The van der Waals surface area contributed by atoms with Gasteiger partial charge in [0, 0.05) is 25.4 Å². The van der Waals surface area contributed by atoms with Crippen LogP contribution >= 0.6 is 0 Å². The van der Waals surface area contributed by atoms with Gasteiger partial charge < -0.3 is 14.7 Å². The molecule has 0 spiro atoms. The van der Waals surface area contributed by atoms with Crippen LogP contribution in [0.4, 0.5) is 0 Å². The largest absolute Gasteiger partial charge is 0.339 e. The third kappa shape index (κ3) is 5.79. The molecular formula is C12H24N4O. The Labute approximate surface area is 104 Å². The van der Waals surface area contributed by atoms with Crippen LogP contribution in [-0.2, 0) is 12.8 Å². The van der Waals surface area contributed by atoms with Crippen LogP contribution < -0.4 is 5.32 Å². The van der Waals surface area contributed by atoms with Crippen molar-refractivity contribution in [1.29, 1.82) is 0 Å². The molecule has 1 unspecified atom stereocenters. The average Bonchev–Trinajstić information content (AvgIpc) is 2.72. The zero-order valence-electron chi connectivity index (χ0n) is 11.4. The van der Waals surface area contributed by atoms with Crippen molar-refractivity contribution >= 4 is 0 Å². The Morgan fingerprint density at radius 3 is 2.76 bits per heavy atom. The third-order valence-electron chi connectivity index (χ3n) is 2.64. The summed E-state index contributed by atoms with van der Waals surface area (Å²) in [5.74, 6) is 1.56. The Kier molecular flexibility index (Phi) is 6.15. The van der Waals surface area contributed by atoms with Gasteiger partial charge in [-0.25, -0.2) is 0 Å². The van der Waals surface area contributed by atoms with Crippen LogP contribution in [0.1, 0.15) is 32.0 Å². The van der Waals surface area contributed by atoms with Crippen LogP contribution in [0.25, 0.3) is 0 Å². The molecule has 17 heavy (non-hydrogen) atoms. The zero-order valence-corrected chi connectivity index (χ0v) is 11.4. The molecule has 1 heterocycles. The van der Waals surface area contributed by atoms with Crippen LogP contribution in [0.3, 0.4) is 0 Å². The first-order valence-corrected chi connectivity index (χ1v) is 6.31. The average molecular weight is 240 g/mol. The lowest BCUT2D eigenvalue weighted by Crippen LogP contribution is -2.25. The van der Waals surface area contributed by atoms with Crippen LogP contribution in [0.15, 0.2) is 4.52 Å². The Hall–Kier alpha value is -0.940. The summed E-state index contributed by atoms with van der Waals surface area (Å²) in [5, 5.41) is 7.34. The molecule has 5 heteroatoms. The molecule has 1 N–H and O–H groups in total. The van der Waals surface area contributed by atoms with Gasteiger partial charge >= 0.3 is 0 Å². The molecule has 0 saturated heterocycles. The van der Waals surface area contributed by atoms with E-state index in [9.17, 15) is 0 Å². The van der Waals surface area contributed by atoms with Crippen LogP contribution in [0.5, 0.6) is 0 Å². The van der Waals surface area contributed by atoms with Crippen LogP contribution in [0.2, 0.25) is 0 Å². The maximum absolute atomic E-state index is 5.22. The molecule has 1 aromatic rings. The highest BCUT2D eigenvalue weighted by Crippen LogP contribution is 2.04. The van der Waals surface area contributed by atoms with E-state index >= 15 is 0 Å². The molecule has 0 aliphatic heterocycles. The minimum Gasteiger partial charge on any atom is -0.339 e. The van der Waals surface area contributed by atoms with Crippen molar-refractivity contribution in [2.75, 3.05) is 27.2 Å². The maximum Gasteiger partial charge on any atom is 0.226 e. The first-order valence-electron chi connectivity index (χ1n) is 6.31. The van der Waals surface area contributed by atoms with Gasteiger partial charge in [0.05, 0.1) is 0 Å². The number of aryl methyl sites for hydroxylation is 1. The van der Waals surface area contributed by atoms with Crippen molar-refractivity contribution in [3.8, 4) is 0 Å². The maximum atomic E-state index is 5.22. The predicted octanol–water partition coefficient (Wildman–Crippen LogP) is 1.10. The molecule has 1 atom stereocenters. The highest BCUT2D eigenvalue weighted by Gasteiger charge is 2.08. The molecule has 0 aromatic carbocycles. The van der Waals surface area contributed by atoms with Crippen molar-refractivity contribution in [2.24, 2.45) is 0 Å². The van der Waals surface area contributed by atoms with E-state index in [0.717, 1.165) is 44.1 Å². The van der Waals surface area contributed by atoms with Gasteiger partial charge in [-0.1, -0.05) is 12.1 Å². The summed E-state index contributed by atoms with van der Waals surface area (Å²) in [4.78, 5) is 6.50. The molecular weight excluding hydrogens is 216 g/mol. The van der Waals surface area contributed by atoms with Gasteiger partial charge in [0.15, 0.2) is 5.82 Å². The summed E-state index contributed by atoms with van der Waals surface area (Å²) in [6, 6.07) is 0.497. The highest BCUT2D eigenvalue weighted by atomic mass is 16.5. The fraction of sp³-hybridized carbons (Fsp3) is 0.833. The number of nitrogens with one attached hydrogen (secondary N) is 1. The van der Waals surface area contributed by atoms with Crippen molar-refractivity contribution in [3.63, 3.8) is 0 Å². The molecule has 0 amide bonds. The molecule has 5 nitrogen and oxygen atoms in total. The summed E-state index contributed by atoms with van der Waals surface area (Å²) >= 11 is 0. The first-order chi connectivity index (χ1) is 8.11. The molecule has 0 bridgehead atoms. The molecule has 0 aliphatic carbocycles. The summed E-state index contributed by atoms with van der Waals surface area (Å²) in [5.41, 5.74) is 0. The number of nitrogens with zero attached hydrogens (tertiary/aromatic N) is 3. The van der Waals surface area contributed by atoms with E-state index in [-0.39, 0.29) is 0 Å². The van der Waals surface area contributed by atoms with E-state index in [2.05, 4.69) is 34.2 Å². The Balaban J connectivity index is 2.30. The van der Waals surface area contributed by atoms with Gasteiger partial charge in [-0.05, 0) is 34.0 Å². The van der Waals surface area contributed by atoms with Crippen molar-refractivity contribution in [1.82, 2.24) is 20.4 Å². The summed E-state index contributed by atoms with van der Waals surface area (Å²) in [6.45, 7) is 6.24. The molecule has 0 fully saturated rings. The Morgan fingerprint density at radius 2 is 2.12 bits per heavy atom. The minimum atomic E-state index is 0.497. The van der Waals surface area contributed by atoms with Crippen molar-refractivity contribution < 1.29 is 4.52 Å². The van der Waals surface area contributed by atoms with Gasteiger partial charge in [0.25, 0.3) is 0 Å². The van der Waals surface area contributed by atoms with E-state index in [1.807, 2.05) is 14.1 Å². The normalized spacial score (nSPS) is 13.2. The summed E-state index contributed by atoms with van der Waals surface area (Å²) < 4.78 is 5.22. The van der Waals surface area contributed by atoms with E-state index in [1.165, 1.54) is 0 Å². The number of hydrogen-bond donors (Lipinski definition) is 1. The lowest BCUT2D eigenvalue weighted by atomic mass is 10.2. The number of hydrogen-bond acceptors (Lipinski definition) is 5. The quantitative estimate of drug-likeness (QED) is 0.737. The second-order valence-corrected chi connectivity index (χ2v) is 4.66. The molecule has 1 aromatic heterocycles. The van der Waals surface area contributed by atoms with E-state index < -0.39 is 0 Å². The SMILES string of the molecule is CCNC(C)CCc1nc(CCN(C)C)no1. The fourth-order valence-corrected chi connectivity index (χ4v) is 1.61. The predicted molar refractivity (Wildman–Crippen MR) is 68.0 cm³/mol. The van der Waals surface area contributed by atoms with E-state index in [0.29, 0.717) is 6.04 Å². The molecule has 0 radical (unpaired) electrons. The van der Waals surface area contributed by atoms with Gasteiger partial charge in [-0.15, -0.1) is 0 Å². The van der Waals surface area contributed by atoms with E-state index in [1.54, 1.807) is 0 Å². The smallest absolute Gasteiger partial charge is 0.226 e. The summed E-state index contributed by atoms with van der Waals surface area (Å²) in [7, 11) is 4.08. The lowest BCUT2D eigenvalue weighted by molar-refractivity contribution is 0.358. The number of aromatic nitrogens is 2. The van der Waals surface area contributed by atoms with Gasteiger partial charge in [0.1, 0.15) is 0 Å². The van der Waals surface area contributed by atoms with Gasteiger partial charge in [0.2, 0.25) is 5.89 Å². The topological polar surface area (TPSA) is 54.2 Å². The standard InChI is InChI=1S/C12H24N4O/c1-5-13-10(2)6-7-12-14-11(15-17-12)8-9-16(3)4/h10,13H,5-9H2,1-4H3. The second kappa shape index (κ2) is 7.40. The molecule has 1 rings (SSSR count). The van der Waals surface area contributed by atoms with Gasteiger partial charge in [-0.3, -0.25) is 0 Å². The monoisotopic (exact) mass is 240 g/mol. The fourth-order valence-electron chi connectivity index (χ4n) is 1.61. The third-order valence-corrected chi connectivity index (χ3v) is 2.64. The van der Waals surface area contributed by atoms with Crippen molar-refractivity contribution in [3.05, 3.63) is 11.7 Å². The second-order valence-electron chi connectivity index (χ2n) is 4.66. The number of likely N-dealkylation sites (N-methyl/N-ethyl adjacent to an activating group) is 1. The van der Waals surface area contributed by atoms with Crippen LogP contribution in [0, 0.1) is 0 Å². The number of rotatable bonds is 8. The van der Waals surface area contributed by atoms with Gasteiger partial charge in [-0.2, -0.15) is 4.98 Å². The molecule has 98 valence electrons. The zero-order chi connectivity index (χ0) is 12.7. The Morgan fingerprint density at radius 1 is 1.35 bits per heavy atom. The van der Waals surface area contributed by atoms with Crippen molar-refractivity contribution in [2.45, 2.75) is 39.2 Å². The van der Waals surface area contributed by atoms with E-state index in [4.69, 9.17) is 4.52 Å². The lowest BCUT2D eigenvalue weighted by Gasteiger charge is -2.09. The Bertz CT molecular complexity index is 311.